The maximum atomic E-state index is 11.3. The first-order chi connectivity index (χ1) is 12.8. The topological polar surface area (TPSA) is 71.0 Å². The van der Waals surface area contributed by atoms with Gasteiger partial charge >= 0.3 is 0 Å². The van der Waals surface area contributed by atoms with Gasteiger partial charge in [-0.3, -0.25) is 4.99 Å². The number of likely N-dealkylation sites (tertiary alicyclic amines) is 1. The zero-order valence-corrected chi connectivity index (χ0v) is 18.1. The lowest BCUT2D eigenvalue weighted by molar-refractivity contribution is 0.179. The molecule has 9 heteroatoms. The second-order valence-corrected chi connectivity index (χ2v) is 9.84. The zero-order chi connectivity index (χ0) is 19.9. The van der Waals surface area contributed by atoms with Crippen LogP contribution >= 0.6 is 23.2 Å². The number of rotatable bonds is 7. The quantitative estimate of drug-likeness (QED) is 0.526. The van der Waals surface area contributed by atoms with E-state index in [9.17, 15) is 8.42 Å². The molecule has 27 heavy (non-hydrogen) atoms. The highest BCUT2D eigenvalue weighted by Gasteiger charge is 2.22. The maximum absolute atomic E-state index is 11.3. The van der Waals surface area contributed by atoms with Gasteiger partial charge < -0.3 is 15.0 Å². The molecule has 0 radical (unpaired) electrons. The van der Waals surface area contributed by atoms with Gasteiger partial charge in [-0.25, -0.2) is 8.42 Å². The number of hydrogen-bond donors (Lipinski definition) is 1. The smallest absolute Gasteiger partial charge is 0.193 e. The van der Waals surface area contributed by atoms with E-state index in [1.165, 1.54) is 6.26 Å². The highest BCUT2D eigenvalue weighted by Crippen LogP contribution is 2.26. The summed E-state index contributed by atoms with van der Waals surface area (Å²) in [6.45, 7) is 5.36. The number of piperidine rings is 1. The van der Waals surface area contributed by atoms with Crippen molar-refractivity contribution in [3.8, 4) is 5.75 Å². The minimum atomic E-state index is -3.00. The molecule has 0 unspecified atom stereocenters. The van der Waals surface area contributed by atoms with E-state index in [1.54, 1.807) is 18.2 Å². The molecule has 0 spiro atoms. The molecule has 1 heterocycles. The number of nitrogens with zero attached hydrogens (tertiary/aromatic N) is 2. The molecule has 1 aromatic carbocycles. The van der Waals surface area contributed by atoms with Gasteiger partial charge in [0.05, 0.1) is 18.9 Å². The summed E-state index contributed by atoms with van der Waals surface area (Å²) >= 11 is 12.0. The summed E-state index contributed by atoms with van der Waals surface area (Å²) in [5, 5.41) is 4.37. The molecule has 0 aliphatic carbocycles. The van der Waals surface area contributed by atoms with Crippen LogP contribution in [0.15, 0.2) is 23.2 Å². The molecular weight excluding hydrogens is 409 g/mol. The summed E-state index contributed by atoms with van der Waals surface area (Å²) in [6.07, 6.45) is 3.18. The van der Waals surface area contributed by atoms with Crippen LogP contribution in [0.1, 0.15) is 19.8 Å². The SMILES string of the molecule is CCNC(=NCCS(C)(=O)=O)N1CCC(COc2cc(Cl)cc(Cl)c2)CC1. The van der Waals surface area contributed by atoms with Gasteiger partial charge in [0.2, 0.25) is 0 Å². The van der Waals surface area contributed by atoms with E-state index in [4.69, 9.17) is 27.9 Å². The van der Waals surface area contributed by atoms with Crippen LogP contribution in [-0.4, -0.2) is 64.1 Å². The van der Waals surface area contributed by atoms with E-state index in [2.05, 4.69) is 15.2 Å². The molecule has 2 rings (SSSR count). The van der Waals surface area contributed by atoms with Gasteiger partial charge in [0.1, 0.15) is 15.6 Å². The van der Waals surface area contributed by atoms with E-state index >= 15 is 0 Å². The summed E-state index contributed by atoms with van der Waals surface area (Å²) in [5.41, 5.74) is 0. The van der Waals surface area contributed by atoms with Crippen molar-refractivity contribution >= 4 is 39.0 Å². The van der Waals surface area contributed by atoms with Gasteiger partial charge in [0.15, 0.2) is 5.96 Å². The van der Waals surface area contributed by atoms with Gasteiger partial charge in [0, 0.05) is 35.9 Å². The third kappa shape index (κ3) is 8.15. The highest BCUT2D eigenvalue weighted by molar-refractivity contribution is 7.90. The van der Waals surface area contributed by atoms with Crippen LogP contribution in [0, 0.1) is 5.92 Å². The fourth-order valence-electron chi connectivity index (χ4n) is 2.88. The summed E-state index contributed by atoms with van der Waals surface area (Å²) in [6, 6.07) is 5.21. The van der Waals surface area contributed by atoms with Crippen molar-refractivity contribution in [3.05, 3.63) is 28.2 Å². The van der Waals surface area contributed by atoms with Crippen LogP contribution < -0.4 is 10.1 Å². The second kappa shape index (κ2) is 10.4. The lowest BCUT2D eigenvalue weighted by Crippen LogP contribution is -2.46. The van der Waals surface area contributed by atoms with Crippen LogP contribution in [-0.2, 0) is 9.84 Å². The van der Waals surface area contributed by atoms with E-state index in [0.717, 1.165) is 38.4 Å². The monoisotopic (exact) mass is 435 g/mol. The van der Waals surface area contributed by atoms with E-state index in [-0.39, 0.29) is 12.3 Å². The number of halogens is 2. The molecule has 0 bridgehead atoms. The normalized spacial score (nSPS) is 16.4. The van der Waals surface area contributed by atoms with Crippen LogP contribution in [0.3, 0.4) is 0 Å². The number of sulfone groups is 1. The Labute approximate surface area is 171 Å². The van der Waals surface area contributed by atoms with E-state index in [0.29, 0.717) is 28.3 Å². The fraction of sp³-hybridized carbons (Fsp3) is 0.611. The molecule has 0 atom stereocenters. The van der Waals surface area contributed by atoms with Gasteiger partial charge in [-0.05, 0) is 43.9 Å². The van der Waals surface area contributed by atoms with Gasteiger partial charge in [0.25, 0.3) is 0 Å². The molecule has 6 nitrogen and oxygen atoms in total. The average Bonchev–Trinajstić information content (AvgIpc) is 2.58. The molecule has 0 amide bonds. The van der Waals surface area contributed by atoms with Crippen molar-refractivity contribution in [2.45, 2.75) is 19.8 Å². The first-order valence-electron chi connectivity index (χ1n) is 9.06. The minimum absolute atomic E-state index is 0.0639. The van der Waals surface area contributed by atoms with Gasteiger partial charge in [-0.1, -0.05) is 23.2 Å². The third-order valence-electron chi connectivity index (χ3n) is 4.29. The Morgan fingerprint density at radius 1 is 1.26 bits per heavy atom. The third-order valence-corrected chi connectivity index (χ3v) is 5.65. The van der Waals surface area contributed by atoms with Crippen molar-refractivity contribution in [1.29, 1.82) is 0 Å². The van der Waals surface area contributed by atoms with Gasteiger partial charge in [-0.2, -0.15) is 0 Å². The molecule has 1 saturated heterocycles. The Bertz CT molecular complexity index is 728. The van der Waals surface area contributed by atoms with Crippen LogP contribution in [0.2, 0.25) is 10.0 Å². The van der Waals surface area contributed by atoms with Crippen LogP contribution in [0.4, 0.5) is 0 Å². The number of aliphatic imine (C=N–C) groups is 1. The largest absolute Gasteiger partial charge is 0.493 e. The Kier molecular flexibility index (Phi) is 8.51. The molecule has 1 fully saturated rings. The lowest BCUT2D eigenvalue weighted by Gasteiger charge is -2.34. The zero-order valence-electron chi connectivity index (χ0n) is 15.7. The molecule has 0 aromatic heterocycles. The molecule has 1 aliphatic rings. The molecule has 1 N–H and O–H groups in total. The van der Waals surface area contributed by atoms with Crippen LogP contribution in [0.5, 0.6) is 5.75 Å². The van der Waals surface area contributed by atoms with Crippen molar-refractivity contribution in [1.82, 2.24) is 10.2 Å². The molecule has 152 valence electrons. The summed E-state index contributed by atoms with van der Waals surface area (Å²) < 4.78 is 28.4. The Balaban J connectivity index is 1.84. The standard InChI is InChI=1S/C18H27Cl2N3O3S/c1-3-21-18(22-6-9-27(2,24)25)23-7-4-14(5-8-23)13-26-17-11-15(19)10-16(20)12-17/h10-12,14H,3-9,13H2,1-2H3,(H,21,22). The first kappa shape index (κ1) is 22.1. The first-order valence-corrected chi connectivity index (χ1v) is 11.9. The highest BCUT2D eigenvalue weighted by atomic mass is 35.5. The minimum Gasteiger partial charge on any atom is -0.493 e. The second-order valence-electron chi connectivity index (χ2n) is 6.71. The average molecular weight is 436 g/mol. The van der Waals surface area contributed by atoms with Crippen molar-refractivity contribution < 1.29 is 13.2 Å². The van der Waals surface area contributed by atoms with E-state index in [1.807, 2.05) is 6.92 Å². The van der Waals surface area contributed by atoms with Gasteiger partial charge in [-0.15, -0.1) is 0 Å². The molecule has 1 aromatic rings. The Morgan fingerprint density at radius 2 is 1.89 bits per heavy atom. The molecule has 1 aliphatic heterocycles. The lowest BCUT2D eigenvalue weighted by atomic mass is 9.98. The number of guanidine groups is 1. The number of hydrogen-bond acceptors (Lipinski definition) is 4. The molecular formula is C18H27Cl2N3O3S. The van der Waals surface area contributed by atoms with Crippen molar-refractivity contribution in [2.75, 3.05) is 44.8 Å². The van der Waals surface area contributed by atoms with Crippen molar-refractivity contribution in [3.63, 3.8) is 0 Å². The predicted octanol–water partition coefficient (Wildman–Crippen LogP) is 3.09. The summed E-state index contributed by atoms with van der Waals surface area (Å²) in [5.74, 6) is 1.97. The summed E-state index contributed by atoms with van der Waals surface area (Å²) in [7, 11) is -3.00. The maximum Gasteiger partial charge on any atom is 0.193 e. The van der Waals surface area contributed by atoms with E-state index < -0.39 is 9.84 Å². The number of benzene rings is 1. The molecule has 0 saturated carbocycles. The number of ether oxygens (including phenoxy) is 1. The number of nitrogens with one attached hydrogen (secondary N) is 1. The van der Waals surface area contributed by atoms with Crippen LogP contribution in [0.25, 0.3) is 0 Å². The predicted molar refractivity (Wildman–Crippen MR) is 112 cm³/mol. The fourth-order valence-corrected chi connectivity index (χ4v) is 3.81. The Morgan fingerprint density at radius 3 is 2.44 bits per heavy atom. The Hall–Kier alpha value is -1.18. The summed E-state index contributed by atoms with van der Waals surface area (Å²) in [4.78, 5) is 6.63. The van der Waals surface area contributed by atoms with Crippen molar-refractivity contribution in [2.24, 2.45) is 10.9 Å².